The molecule has 0 aliphatic rings. The molecule has 6 nitrogen and oxygen atoms in total. The Morgan fingerprint density at radius 1 is 0.659 bits per heavy atom. The molecule has 0 atom stereocenters. The lowest BCUT2D eigenvalue weighted by molar-refractivity contribution is -0.646. The summed E-state index contributed by atoms with van der Waals surface area (Å²) in [5, 5.41) is 7.34. The van der Waals surface area contributed by atoms with E-state index in [4.69, 9.17) is 19.9 Å². The van der Waals surface area contributed by atoms with E-state index in [2.05, 4.69) is 126 Å². The summed E-state index contributed by atoms with van der Waals surface area (Å²) in [6.45, 7) is 17.5. The lowest BCUT2D eigenvalue weighted by Crippen LogP contribution is -2.30. The van der Waals surface area contributed by atoms with Crippen molar-refractivity contribution in [2.24, 2.45) is 7.05 Å². The topological polar surface area (TPSA) is 59.9 Å². The van der Waals surface area contributed by atoms with E-state index < -0.39 is 0 Å². The molecule has 0 N–H and O–H groups in total. The highest BCUT2D eigenvalue weighted by Crippen LogP contribution is 2.46. The van der Waals surface area contributed by atoms with Crippen molar-refractivity contribution < 1.29 is 4.57 Å². The molecule has 0 saturated carbocycles. The standard InChI is InChI=1S/C38H37N6/c1-20-22-14-10-11-15-23(22)21(2)31-28(20)32-30-26(39-19-43(32)9)18-25(29-24-16-12-13-17-27(24)44(31)33(29)30)34-40-35(37(3,4)5)42-36(41-34)38(6,7)8/h10-19H,1-9H3/q+1. The van der Waals surface area contributed by atoms with Gasteiger partial charge in [-0.3, -0.25) is 0 Å². The third kappa shape index (κ3) is 3.51. The first kappa shape index (κ1) is 26.9. The van der Waals surface area contributed by atoms with Crippen molar-refractivity contribution in [1.29, 1.82) is 0 Å². The average molecular weight is 578 g/mol. The average Bonchev–Trinajstić information content (AvgIpc) is 3.34. The van der Waals surface area contributed by atoms with Crippen LogP contribution in [0.4, 0.5) is 0 Å². The molecule has 8 rings (SSSR count). The normalized spacial score (nSPS) is 13.1. The van der Waals surface area contributed by atoms with Crippen LogP contribution in [0.15, 0.2) is 60.9 Å². The van der Waals surface area contributed by atoms with Crippen molar-refractivity contribution in [2.45, 2.75) is 66.2 Å². The molecular weight excluding hydrogens is 540 g/mol. The zero-order chi connectivity index (χ0) is 30.9. The fourth-order valence-corrected chi connectivity index (χ4v) is 7.08. The van der Waals surface area contributed by atoms with Gasteiger partial charge in [0, 0.05) is 33.2 Å². The number of hydrogen-bond acceptors (Lipinski definition) is 4. The van der Waals surface area contributed by atoms with E-state index in [1.807, 2.05) is 6.33 Å². The zero-order valence-corrected chi connectivity index (χ0v) is 27.0. The maximum atomic E-state index is 5.17. The fourth-order valence-electron chi connectivity index (χ4n) is 7.08. The first-order valence-electron chi connectivity index (χ1n) is 15.4. The third-order valence-corrected chi connectivity index (χ3v) is 9.26. The van der Waals surface area contributed by atoms with Gasteiger partial charge >= 0.3 is 0 Å². The molecule has 0 fully saturated rings. The minimum Gasteiger partial charge on any atom is -0.307 e. The molecule has 4 aromatic heterocycles. The van der Waals surface area contributed by atoms with E-state index >= 15 is 0 Å². The van der Waals surface area contributed by atoms with E-state index in [1.165, 1.54) is 49.2 Å². The Labute approximate surface area is 256 Å². The minimum atomic E-state index is -0.235. The van der Waals surface area contributed by atoms with Crippen LogP contribution < -0.4 is 4.57 Å². The number of aryl methyl sites for hydroxylation is 3. The van der Waals surface area contributed by atoms with Gasteiger partial charge in [0.05, 0.1) is 34.4 Å². The van der Waals surface area contributed by atoms with Crippen LogP contribution in [0.3, 0.4) is 0 Å². The van der Waals surface area contributed by atoms with Gasteiger partial charge in [-0.1, -0.05) is 84.0 Å². The quantitative estimate of drug-likeness (QED) is 0.112. The van der Waals surface area contributed by atoms with Crippen LogP contribution in [0.1, 0.15) is 64.3 Å². The molecule has 0 radical (unpaired) electrons. The lowest BCUT2D eigenvalue weighted by Gasteiger charge is -2.23. The second-order valence-electron chi connectivity index (χ2n) is 14.4. The molecule has 0 spiro atoms. The Morgan fingerprint density at radius 3 is 1.89 bits per heavy atom. The van der Waals surface area contributed by atoms with Gasteiger partial charge in [-0.25, -0.2) is 19.5 Å². The lowest BCUT2D eigenvalue weighted by atomic mass is 9.92. The first-order valence-corrected chi connectivity index (χ1v) is 15.4. The van der Waals surface area contributed by atoms with Crippen LogP contribution in [-0.2, 0) is 17.9 Å². The zero-order valence-electron chi connectivity index (χ0n) is 27.0. The predicted octanol–water partition coefficient (Wildman–Crippen LogP) is 8.43. The number of hydrogen-bond donors (Lipinski definition) is 0. The molecule has 0 aliphatic heterocycles. The number of rotatable bonds is 1. The van der Waals surface area contributed by atoms with Gasteiger partial charge in [0.25, 0.3) is 6.33 Å². The number of nitrogens with zero attached hydrogens (tertiary/aromatic N) is 6. The van der Waals surface area contributed by atoms with Gasteiger partial charge < -0.3 is 4.40 Å². The van der Waals surface area contributed by atoms with E-state index in [1.54, 1.807) is 0 Å². The molecule has 0 aliphatic carbocycles. The Morgan fingerprint density at radius 2 is 1.25 bits per heavy atom. The van der Waals surface area contributed by atoms with Crippen molar-refractivity contribution in [2.75, 3.05) is 0 Å². The highest BCUT2D eigenvalue weighted by Gasteiger charge is 2.31. The monoisotopic (exact) mass is 577 g/mol. The van der Waals surface area contributed by atoms with E-state index in [-0.39, 0.29) is 10.8 Å². The van der Waals surface area contributed by atoms with E-state index in [9.17, 15) is 0 Å². The second-order valence-corrected chi connectivity index (χ2v) is 14.4. The number of aromatic nitrogens is 6. The van der Waals surface area contributed by atoms with Crippen LogP contribution in [0.5, 0.6) is 0 Å². The van der Waals surface area contributed by atoms with Crippen LogP contribution in [0, 0.1) is 13.8 Å². The Hall–Kier alpha value is -4.71. The summed E-state index contributed by atoms with van der Waals surface area (Å²) in [4.78, 5) is 20.4. The van der Waals surface area contributed by atoms with Crippen molar-refractivity contribution in [1.82, 2.24) is 24.3 Å². The van der Waals surface area contributed by atoms with Gasteiger partial charge in [-0.05, 0) is 46.8 Å². The molecule has 4 aromatic carbocycles. The van der Waals surface area contributed by atoms with E-state index in [0.29, 0.717) is 5.82 Å². The number of pyridine rings is 1. The highest BCUT2D eigenvalue weighted by molar-refractivity contribution is 6.31. The smallest absolute Gasteiger partial charge is 0.287 e. The number of fused-ring (bicyclic) bond motifs is 7. The maximum Gasteiger partial charge on any atom is 0.287 e. The summed E-state index contributed by atoms with van der Waals surface area (Å²) in [5.41, 5.74) is 8.80. The maximum absolute atomic E-state index is 5.17. The molecule has 8 aromatic rings. The summed E-state index contributed by atoms with van der Waals surface area (Å²) in [6.07, 6.45) is 1.95. The predicted molar refractivity (Wildman–Crippen MR) is 181 cm³/mol. The van der Waals surface area contributed by atoms with Gasteiger partial charge in [0.2, 0.25) is 0 Å². The molecule has 0 saturated heterocycles. The van der Waals surface area contributed by atoms with Crippen LogP contribution >= 0.6 is 0 Å². The highest BCUT2D eigenvalue weighted by atomic mass is 15.1. The first-order chi connectivity index (χ1) is 20.9. The van der Waals surface area contributed by atoms with Crippen molar-refractivity contribution >= 4 is 59.9 Å². The Balaban J connectivity index is 1.69. The van der Waals surface area contributed by atoms with Crippen molar-refractivity contribution in [3.8, 4) is 11.4 Å². The van der Waals surface area contributed by atoms with Gasteiger partial charge in [-0.15, -0.1) is 0 Å². The van der Waals surface area contributed by atoms with Crippen LogP contribution in [0.2, 0.25) is 0 Å². The third-order valence-electron chi connectivity index (χ3n) is 9.26. The van der Waals surface area contributed by atoms with Gasteiger partial charge in [-0.2, -0.15) is 0 Å². The fraction of sp³-hybridized carbons (Fsp3) is 0.289. The van der Waals surface area contributed by atoms with Crippen molar-refractivity contribution in [3.63, 3.8) is 0 Å². The van der Waals surface area contributed by atoms with Gasteiger partial charge in [0.1, 0.15) is 17.2 Å². The molecular formula is C38H37N6+. The van der Waals surface area contributed by atoms with Gasteiger partial charge in [0.15, 0.2) is 11.3 Å². The summed E-state index contributed by atoms with van der Waals surface area (Å²) >= 11 is 0. The SMILES string of the molecule is Cc1c2ccccc2c(C)c2c1c1c3c(cc(-c4nc(C(C)(C)C)nc(C(C)(C)C)n4)c4c5ccccc5n2c43)nc[n+]1C. The summed E-state index contributed by atoms with van der Waals surface area (Å²) in [6, 6.07) is 19.8. The summed E-state index contributed by atoms with van der Waals surface area (Å²) < 4.78 is 4.69. The summed E-state index contributed by atoms with van der Waals surface area (Å²) in [5.74, 6) is 2.30. The van der Waals surface area contributed by atoms with Crippen LogP contribution in [-0.4, -0.2) is 24.3 Å². The van der Waals surface area contributed by atoms with Crippen LogP contribution in [0.25, 0.3) is 71.3 Å². The molecule has 44 heavy (non-hydrogen) atoms. The van der Waals surface area contributed by atoms with E-state index in [0.717, 1.165) is 39.0 Å². The molecule has 0 unspecified atom stereocenters. The molecule has 218 valence electrons. The second kappa shape index (κ2) is 8.69. The van der Waals surface area contributed by atoms with Crippen molar-refractivity contribution in [3.05, 3.63) is 83.7 Å². The largest absolute Gasteiger partial charge is 0.307 e. The Bertz CT molecular complexity index is 2460. The molecule has 0 amide bonds. The molecule has 6 heteroatoms. The molecule has 4 heterocycles. The number of para-hydroxylation sites is 1. The summed E-state index contributed by atoms with van der Waals surface area (Å²) in [7, 11) is 2.12. The Kier molecular flexibility index (Phi) is 5.31. The minimum absolute atomic E-state index is 0.235. The number of benzene rings is 4. The molecule has 0 bridgehead atoms.